The normalized spacial score (nSPS) is 13.1. The van der Waals surface area contributed by atoms with Crippen LogP contribution < -0.4 is 5.32 Å². The molecule has 1 rings (SSSR count). The molecule has 0 amide bonds. The summed E-state index contributed by atoms with van der Waals surface area (Å²) in [6, 6.07) is 6.66. The summed E-state index contributed by atoms with van der Waals surface area (Å²) in [6.45, 7) is 13.3. The van der Waals surface area contributed by atoms with Gasteiger partial charge in [0, 0.05) is 6.54 Å². The molecule has 90 valence electrons. The first-order valence-electron chi connectivity index (χ1n) is 6.27. The summed E-state index contributed by atoms with van der Waals surface area (Å²) >= 11 is 0. The molecule has 0 fully saturated rings. The zero-order valence-electron chi connectivity index (χ0n) is 11.3. The van der Waals surface area contributed by atoms with E-state index in [1.54, 1.807) is 0 Å². The number of benzene rings is 1. The molecule has 0 aromatic heterocycles. The van der Waals surface area contributed by atoms with Gasteiger partial charge >= 0.3 is 0 Å². The number of rotatable bonds is 5. The Labute approximate surface area is 100 Å². The Morgan fingerprint density at radius 3 is 2.44 bits per heavy atom. The molecule has 1 aromatic carbocycles. The van der Waals surface area contributed by atoms with Crippen molar-refractivity contribution in [2.24, 2.45) is 11.8 Å². The third kappa shape index (κ3) is 3.97. The van der Waals surface area contributed by atoms with Crippen LogP contribution >= 0.6 is 0 Å². The molecule has 0 radical (unpaired) electrons. The first kappa shape index (κ1) is 13.2. The van der Waals surface area contributed by atoms with Gasteiger partial charge in [0.2, 0.25) is 0 Å². The van der Waals surface area contributed by atoms with E-state index in [1.807, 2.05) is 0 Å². The molecule has 16 heavy (non-hydrogen) atoms. The Kier molecular flexibility index (Phi) is 5.01. The van der Waals surface area contributed by atoms with E-state index in [-0.39, 0.29) is 0 Å². The van der Waals surface area contributed by atoms with Crippen molar-refractivity contribution in [1.82, 2.24) is 5.32 Å². The SMILES string of the molecule is Cc1ccc(C)c(CNCC(C)C(C)C)c1. The van der Waals surface area contributed by atoms with Crippen molar-refractivity contribution in [2.45, 2.75) is 41.2 Å². The second-order valence-electron chi connectivity index (χ2n) is 5.28. The summed E-state index contributed by atoms with van der Waals surface area (Å²) in [5.74, 6) is 1.50. The third-order valence-electron chi connectivity index (χ3n) is 3.42. The largest absolute Gasteiger partial charge is 0.312 e. The van der Waals surface area contributed by atoms with Crippen molar-refractivity contribution in [3.05, 3.63) is 34.9 Å². The third-order valence-corrected chi connectivity index (χ3v) is 3.42. The van der Waals surface area contributed by atoms with Gasteiger partial charge in [0.15, 0.2) is 0 Å². The van der Waals surface area contributed by atoms with Crippen LogP contribution in [-0.4, -0.2) is 6.54 Å². The maximum atomic E-state index is 3.55. The molecular weight excluding hydrogens is 194 g/mol. The van der Waals surface area contributed by atoms with E-state index in [9.17, 15) is 0 Å². The minimum Gasteiger partial charge on any atom is -0.312 e. The number of nitrogens with one attached hydrogen (secondary N) is 1. The standard InChI is InChI=1S/C15H25N/c1-11(2)14(5)9-16-10-15-8-12(3)6-7-13(15)4/h6-8,11,14,16H,9-10H2,1-5H3. The lowest BCUT2D eigenvalue weighted by atomic mass is 9.98. The fourth-order valence-corrected chi connectivity index (χ4v) is 1.66. The second kappa shape index (κ2) is 6.05. The number of hydrogen-bond donors (Lipinski definition) is 1. The van der Waals surface area contributed by atoms with Gasteiger partial charge in [-0.3, -0.25) is 0 Å². The molecule has 1 heteroatoms. The summed E-state index contributed by atoms with van der Waals surface area (Å²) < 4.78 is 0. The minimum atomic E-state index is 0.741. The Morgan fingerprint density at radius 2 is 1.81 bits per heavy atom. The Hall–Kier alpha value is -0.820. The molecular formula is C15H25N. The van der Waals surface area contributed by atoms with Gasteiger partial charge < -0.3 is 5.32 Å². The second-order valence-corrected chi connectivity index (χ2v) is 5.28. The van der Waals surface area contributed by atoms with E-state index in [4.69, 9.17) is 0 Å². The van der Waals surface area contributed by atoms with Crippen LogP contribution in [0.25, 0.3) is 0 Å². The molecule has 0 heterocycles. The van der Waals surface area contributed by atoms with Crippen molar-refractivity contribution in [3.8, 4) is 0 Å². The first-order chi connectivity index (χ1) is 7.50. The maximum Gasteiger partial charge on any atom is 0.0208 e. The van der Waals surface area contributed by atoms with Crippen LogP contribution in [0.4, 0.5) is 0 Å². The van der Waals surface area contributed by atoms with Gasteiger partial charge in [0.25, 0.3) is 0 Å². The van der Waals surface area contributed by atoms with Crippen LogP contribution in [-0.2, 0) is 6.54 Å². The van der Waals surface area contributed by atoms with Gasteiger partial charge in [0.1, 0.15) is 0 Å². The van der Waals surface area contributed by atoms with Crippen molar-refractivity contribution in [1.29, 1.82) is 0 Å². The molecule has 1 aromatic rings. The topological polar surface area (TPSA) is 12.0 Å². The van der Waals surface area contributed by atoms with E-state index in [0.717, 1.165) is 24.9 Å². The Balaban J connectivity index is 2.45. The molecule has 1 unspecified atom stereocenters. The highest BCUT2D eigenvalue weighted by Gasteiger charge is 2.06. The monoisotopic (exact) mass is 219 g/mol. The summed E-state index contributed by atoms with van der Waals surface area (Å²) in [4.78, 5) is 0. The molecule has 0 aliphatic heterocycles. The highest BCUT2D eigenvalue weighted by atomic mass is 14.9. The van der Waals surface area contributed by atoms with Crippen molar-refractivity contribution in [3.63, 3.8) is 0 Å². The Morgan fingerprint density at radius 1 is 1.12 bits per heavy atom. The predicted octanol–water partition coefficient (Wildman–Crippen LogP) is 3.69. The lowest BCUT2D eigenvalue weighted by Crippen LogP contribution is -2.24. The van der Waals surface area contributed by atoms with E-state index < -0.39 is 0 Å². The van der Waals surface area contributed by atoms with Crippen LogP contribution in [0.15, 0.2) is 18.2 Å². The van der Waals surface area contributed by atoms with Crippen molar-refractivity contribution >= 4 is 0 Å². The molecule has 1 N–H and O–H groups in total. The van der Waals surface area contributed by atoms with E-state index in [0.29, 0.717) is 0 Å². The number of aryl methyl sites for hydroxylation is 2. The van der Waals surface area contributed by atoms with Crippen molar-refractivity contribution in [2.75, 3.05) is 6.54 Å². The summed E-state index contributed by atoms with van der Waals surface area (Å²) in [7, 11) is 0. The summed E-state index contributed by atoms with van der Waals surface area (Å²) in [5, 5.41) is 3.55. The fraction of sp³-hybridized carbons (Fsp3) is 0.600. The highest BCUT2D eigenvalue weighted by Crippen LogP contribution is 2.11. The fourth-order valence-electron chi connectivity index (χ4n) is 1.66. The van der Waals surface area contributed by atoms with Crippen LogP contribution in [0.2, 0.25) is 0 Å². The van der Waals surface area contributed by atoms with Gasteiger partial charge in [-0.1, -0.05) is 44.5 Å². The van der Waals surface area contributed by atoms with Crippen LogP contribution in [0.1, 0.15) is 37.5 Å². The molecule has 0 aliphatic rings. The maximum absolute atomic E-state index is 3.55. The minimum absolute atomic E-state index is 0.741. The van der Waals surface area contributed by atoms with E-state index in [1.165, 1.54) is 16.7 Å². The molecule has 0 bridgehead atoms. The average Bonchev–Trinajstić information content (AvgIpc) is 2.22. The quantitative estimate of drug-likeness (QED) is 0.796. The smallest absolute Gasteiger partial charge is 0.0208 e. The molecule has 0 saturated carbocycles. The average molecular weight is 219 g/mol. The van der Waals surface area contributed by atoms with E-state index >= 15 is 0 Å². The molecule has 0 spiro atoms. The Bertz CT molecular complexity index is 328. The first-order valence-corrected chi connectivity index (χ1v) is 6.27. The molecule has 1 nitrogen and oxygen atoms in total. The van der Waals surface area contributed by atoms with E-state index in [2.05, 4.69) is 58.1 Å². The van der Waals surface area contributed by atoms with Gasteiger partial charge in [-0.25, -0.2) is 0 Å². The lowest BCUT2D eigenvalue weighted by Gasteiger charge is -2.16. The van der Waals surface area contributed by atoms with Gasteiger partial charge in [-0.05, 0) is 43.4 Å². The molecule has 0 aliphatic carbocycles. The zero-order valence-corrected chi connectivity index (χ0v) is 11.3. The van der Waals surface area contributed by atoms with Crippen LogP contribution in [0.5, 0.6) is 0 Å². The lowest BCUT2D eigenvalue weighted by molar-refractivity contribution is 0.392. The number of hydrogen-bond acceptors (Lipinski definition) is 1. The highest BCUT2D eigenvalue weighted by molar-refractivity contribution is 5.30. The molecule has 0 saturated heterocycles. The summed E-state index contributed by atoms with van der Waals surface area (Å²) in [6.07, 6.45) is 0. The predicted molar refractivity (Wildman–Crippen MR) is 71.6 cm³/mol. The van der Waals surface area contributed by atoms with Crippen molar-refractivity contribution < 1.29 is 0 Å². The van der Waals surface area contributed by atoms with Gasteiger partial charge in [0.05, 0.1) is 0 Å². The van der Waals surface area contributed by atoms with Crippen LogP contribution in [0.3, 0.4) is 0 Å². The summed E-state index contributed by atoms with van der Waals surface area (Å²) in [5.41, 5.74) is 4.16. The zero-order chi connectivity index (χ0) is 12.1. The van der Waals surface area contributed by atoms with Gasteiger partial charge in [-0.2, -0.15) is 0 Å². The molecule has 1 atom stereocenters. The van der Waals surface area contributed by atoms with Gasteiger partial charge in [-0.15, -0.1) is 0 Å². The van der Waals surface area contributed by atoms with Crippen LogP contribution in [0, 0.1) is 25.7 Å².